The number of aliphatic carboxylic acids is 12. The van der Waals surface area contributed by atoms with Gasteiger partial charge in [0.25, 0.3) is 0 Å². The number of nitrogens with one attached hydrogen (secondary N) is 11. The number of aromatic hydroxyl groups is 1. The van der Waals surface area contributed by atoms with E-state index in [9.17, 15) is 110 Å². The summed E-state index contributed by atoms with van der Waals surface area (Å²) in [5.74, 6) is -15.2. The average Bonchev–Trinajstić information content (AvgIpc) is 1.69. The van der Waals surface area contributed by atoms with Gasteiger partial charge in [0.15, 0.2) is 6.04 Å². The summed E-state index contributed by atoms with van der Waals surface area (Å²) in [5, 5.41) is 154. The second-order valence-electron chi connectivity index (χ2n) is 32.5. The summed E-state index contributed by atoms with van der Waals surface area (Å²) in [6, 6.07) is 13.0. The molecule has 28 N–H and O–H groups in total. The molecule has 846 valence electrons. The maximum atomic E-state index is 11.2. The van der Waals surface area contributed by atoms with E-state index in [4.69, 9.17) is 82.3 Å². The first-order valence-corrected chi connectivity index (χ1v) is 50.9. The number of nitrogens with zero attached hydrogens (tertiary/aromatic N) is 1. The molecule has 13 atom stereocenters. The minimum Gasteiger partial charge on any atom is -0.508 e. The molecule has 0 unspecified atom stereocenters. The minimum atomic E-state index is -1.24. The first-order valence-electron chi connectivity index (χ1n) is 46.4. The molecule has 0 spiro atoms. The number of rotatable bonds is 51. The fourth-order valence-corrected chi connectivity index (χ4v) is 14.7. The molecule has 0 aliphatic carbocycles. The SMILES string of the molecule is CC(=O)N1CCC[C@H]1C(=O)O.CC(=O)N[C@@H](CO)C(=O)O.CC(=O)N[C@@H](CS)C(=O)O.CC(=O)N[C@@H](CSSC[C@H](N)C(=O)O)C(=O)O.CC(=O)N[C@@H](Cc1c[nH]c2ccccc12)C(=O)O.CC(=O)N[C@@H](Cc1ccc(O)cc1)C(=O)O.CC(=O)N[C@@H](Cc1ccccc1)C(=O)O.CC(=O)N[C@H](C(=O)O)[C@@H](C)O.CCCCCCCCCCCC(=O)NCC(=O)O.CC[C@H](C)[C@H](NC(C)=O)C(=O)O.CSCC[C@H](NC(C)=O)C(=O)O. The molecule has 5 rings (SSSR count). The third-order valence-electron chi connectivity index (χ3n) is 19.2. The van der Waals surface area contributed by atoms with E-state index in [1.165, 1.54) is 138 Å². The van der Waals surface area contributed by atoms with Gasteiger partial charge in [-0.25, -0.2) is 47.9 Å². The van der Waals surface area contributed by atoms with Gasteiger partial charge in [0.1, 0.15) is 72.7 Å². The van der Waals surface area contributed by atoms with Crippen LogP contribution < -0.4 is 58.9 Å². The highest BCUT2D eigenvalue weighted by Crippen LogP contribution is 2.24. The van der Waals surface area contributed by atoms with E-state index in [-0.39, 0.29) is 95.6 Å². The molecule has 0 radical (unpaired) electrons. The van der Waals surface area contributed by atoms with Crippen molar-refractivity contribution < 1.29 is 187 Å². The molecule has 51 nitrogen and oxygen atoms in total. The zero-order chi connectivity index (χ0) is 117. The van der Waals surface area contributed by atoms with Gasteiger partial charge >= 0.3 is 71.6 Å². The first kappa shape index (κ1) is 147. The van der Waals surface area contributed by atoms with Crippen LogP contribution in [0.5, 0.6) is 5.75 Å². The number of thioether (sulfide) groups is 1. The summed E-state index contributed by atoms with van der Waals surface area (Å²) in [6.07, 6.45) is 17.3. The third-order valence-corrected chi connectivity index (χ3v) is 22.6. The molecule has 150 heavy (non-hydrogen) atoms. The maximum absolute atomic E-state index is 11.2. The fourth-order valence-electron chi connectivity index (χ4n) is 11.7. The molecule has 4 aromatic rings. The Hall–Kier alpha value is -13.9. The van der Waals surface area contributed by atoms with Crippen LogP contribution in [0.4, 0.5) is 0 Å². The van der Waals surface area contributed by atoms with Crippen molar-refractivity contribution in [3.8, 4) is 5.75 Å². The monoisotopic (exact) mass is 2210 g/mol. The number of unbranched alkanes of at least 4 members (excludes halogenated alkanes) is 8. The molecule has 1 aliphatic heterocycles. The van der Waals surface area contributed by atoms with Crippen molar-refractivity contribution in [2.75, 3.05) is 49.0 Å². The molecule has 1 saturated heterocycles. The number of phenolic OH excluding ortho intramolecular Hbond substituents is 1. The lowest BCUT2D eigenvalue weighted by molar-refractivity contribution is -0.147. The number of carboxylic acid groups (broad SMARTS) is 12. The number of carbonyl (C=O) groups excluding carboxylic acids is 11. The molecule has 2 heterocycles. The molecule has 11 amide bonds. The highest BCUT2D eigenvalue weighted by Gasteiger charge is 2.33. The van der Waals surface area contributed by atoms with E-state index in [0.717, 1.165) is 80.6 Å². The molecular formula is C95H149N13O38S4. The molecular weight excluding hydrogens is 2060 g/mol. The number of aromatic nitrogens is 1. The third kappa shape index (κ3) is 81.1. The zero-order valence-electron chi connectivity index (χ0n) is 86.4. The number of nitrogens with two attached hydrogens (primary N) is 1. The summed E-state index contributed by atoms with van der Waals surface area (Å²) in [5.41, 5.74) is 8.72. The van der Waals surface area contributed by atoms with E-state index in [2.05, 4.69) is 72.4 Å². The van der Waals surface area contributed by atoms with Gasteiger partial charge in [-0.15, -0.1) is 0 Å². The predicted octanol–water partition coefficient (Wildman–Crippen LogP) is 3.18. The van der Waals surface area contributed by atoms with E-state index in [1.54, 1.807) is 37.0 Å². The van der Waals surface area contributed by atoms with Crippen LogP contribution in [0.25, 0.3) is 10.9 Å². The number of benzene rings is 3. The quantitative estimate of drug-likeness (QED) is 0.0171. The number of fused-ring (bicyclic) bond motifs is 1. The highest BCUT2D eigenvalue weighted by atomic mass is 33.1. The molecule has 1 aliphatic rings. The number of phenols is 1. The number of carbonyl (C=O) groups is 23. The number of para-hydroxylation sites is 1. The topological polar surface area (TPSA) is 861 Å². The van der Waals surface area contributed by atoms with E-state index in [1.807, 2.05) is 73.1 Å². The number of hydrogen-bond acceptors (Lipinski definition) is 31. The van der Waals surface area contributed by atoms with Crippen molar-refractivity contribution in [3.63, 3.8) is 0 Å². The molecule has 3 aromatic carbocycles. The van der Waals surface area contributed by atoms with Crippen LogP contribution >= 0.6 is 46.0 Å². The van der Waals surface area contributed by atoms with E-state index < -0.39 is 169 Å². The van der Waals surface area contributed by atoms with Gasteiger partial charge in [-0.05, 0) is 85.4 Å². The van der Waals surface area contributed by atoms with Gasteiger partial charge in [0.2, 0.25) is 65.0 Å². The second kappa shape index (κ2) is 87.0. The van der Waals surface area contributed by atoms with E-state index >= 15 is 0 Å². The maximum Gasteiger partial charge on any atom is 0.328 e. The molecule has 0 saturated carbocycles. The predicted molar refractivity (Wildman–Crippen MR) is 557 cm³/mol. The van der Waals surface area contributed by atoms with Crippen molar-refractivity contribution >= 4 is 193 Å². The highest BCUT2D eigenvalue weighted by molar-refractivity contribution is 8.76. The summed E-state index contributed by atoms with van der Waals surface area (Å²) >= 11 is 5.29. The van der Waals surface area contributed by atoms with Gasteiger partial charge in [-0.2, -0.15) is 24.4 Å². The van der Waals surface area contributed by atoms with Crippen LogP contribution in [0, 0.1) is 5.92 Å². The Balaban J connectivity index is -0.000000383. The minimum absolute atomic E-state index is 0.0357. The van der Waals surface area contributed by atoms with Gasteiger partial charge in [0.05, 0.1) is 12.7 Å². The normalized spacial score (nSPS) is 13.4. The van der Waals surface area contributed by atoms with Crippen LogP contribution in [0.2, 0.25) is 0 Å². The lowest BCUT2D eigenvalue weighted by Gasteiger charge is -2.18. The summed E-state index contributed by atoms with van der Waals surface area (Å²) in [6.45, 7) is 19.7. The van der Waals surface area contributed by atoms with Gasteiger partial charge in [-0.1, -0.05) is 161 Å². The Bertz CT molecular complexity index is 4760. The fraction of sp³-hybridized carbons (Fsp3) is 0.547. The number of thiol groups is 1. The lowest BCUT2D eigenvalue weighted by atomic mass is 9.99. The zero-order valence-corrected chi connectivity index (χ0v) is 89.7. The molecule has 0 bridgehead atoms. The summed E-state index contributed by atoms with van der Waals surface area (Å²) in [7, 11) is 2.31. The Kier molecular flexibility index (Phi) is 85.1. The van der Waals surface area contributed by atoms with Crippen LogP contribution in [0.1, 0.15) is 204 Å². The number of aromatic amines is 1. The van der Waals surface area contributed by atoms with Gasteiger partial charge < -0.3 is 145 Å². The Morgan fingerprint density at radius 2 is 0.827 bits per heavy atom. The van der Waals surface area contributed by atoms with Crippen molar-refractivity contribution in [2.24, 2.45) is 11.7 Å². The lowest BCUT2D eigenvalue weighted by Crippen LogP contribution is -2.46. The second-order valence-corrected chi connectivity index (χ2v) is 36.4. The van der Waals surface area contributed by atoms with Crippen LogP contribution in [0.3, 0.4) is 0 Å². The molecule has 1 fully saturated rings. The van der Waals surface area contributed by atoms with Crippen LogP contribution in [0.15, 0.2) is 85.1 Å². The van der Waals surface area contributed by atoms with Crippen molar-refractivity contribution in [1.29, 1.82) is 0 Å². The largest absolute Gasteiger partial charge is 0.508 e. The average molecular weight is 2210 g/mol. The Labute approximate surface area is 885 Å². The van der Waals surface area contributed by atoms with Crippen molar-refractivity contribution in [2.45, 2.75) is 279 Å². The first-order chi connectivity index (χ1) is 69.9. The Morgan fingerprint density at radius 1 is 0.447 bits per heavy atom. The Morgan fingerprint density at radius 3 is 1.17 bits per heavy atom. The van der Waals surface area contributed by atoms with Crippen LogP contribution in [-0.4, -0.2) is 345 Å². The van der Waals surface area contributed by atoms with Crippen LogP contribution in [-0.2, 0) is 130 Å². The number of aliphatic hydroxyl groups is 2. The number of amides is 11. The van der Waals surface area contributed by atoms with Gasteiger partial charge in [-0.3, -0.25) is 62.3 Å². The standard InChI is InChI=1S/C14H27NO3.C13H14N2O3.C11H13NO4.C11H13NO3.C8H14N2O5S2.C8H15NO3.C7H13NO3S.C7H11NO3.C6H11NO4.C5H9NO4.C5H9NO3S/c1-2-3-4-5-6-7-8-9-10-11-13(16)15-12-14(17)18;1-8(16)15-12(13(17)18)6-9-7-14-11-5-3-2-4-10(9)11;1-7(13)12-10(11(15)16)6-8-2-4-9(14)5-3-8;1-8(13)12-10(11(14)15)7-9-5-3-2-4-6-9;1-4(11)10-6(8(14)15)3-17-16-2-5(9)7(12)13;1-4-5(2)7(8(11)12)9-6(3)10;1-5(9)8-6(7(10)11)3-4-12-2;1-5(9)8-4-2-3-6(8)7(10)11;1-3(8)5(6(10)11)7-4(2)9;1-3(8)6-4(2-7)5(9)10;1-3(7)6-4(2-10)5(8)9/h2-12H2,1H3,(H,15,16)(H,17,18);2-5,7,12,14H,6H2,1H3,(H,15,16)(H,17,18);2-5,10,14H,6H2,1H3,(H,12,13)(H,15,16);2-6,10H,7H2,1H3,(H,12,13)(H,14,15);5-6H,2-3,9H2,1H3,(H,10,11)(H,12,13)(H,14,15);5,7H,4H2,1-3H3,(H,9,10)(H,11,12);6H,3-4H2,1-2H3,(H,8,9)(H,10,11);6H,2-4H2,1H3,(H,10,11);3,5,8H,1-2H3,(H,7,9)(H,10,11);4,7H,2H2,1H3,(H,6,8)(H,9,10);4,10H,2H2,1H3,(H,6,7)(H,8,9)/t;12-;2*10-;5-,6-;5-,7-;2*6-;3-,5+;2*4-/m.0000000100/s1. The molecule has 55 heteroatoms. The van der Waals surface area contributed by atoms with E-state index in [0.29, 0.717) is 32.2 Å². The van der Waals surface area contributed by atoms with Gasteiger partial charge in [0, 0.05) is 136 Å². The van der Waals surface area contributed by atoms with Crippen molar-refractivity contribution in [3.05, 3.63) is 102 Å². The number of carboxylic acids is 12. The number of hydrogen-bond donors (Lipinski definition) is 28. The number of likely N-dealkylation sites (tertiary alicyclic amines) is 1. The number of H-pyrrole nitrogens is 1. The van der Waals surface area contributed by atoms with Crippen molar-refractivity contribution in [1.82, 2.24) is 63.1 Å². The summed E-state index contributed by atoms with van der Waals surface area (Å²) in [4.78, 5) is 248. The smallest absolute Gasteiger partial charge is 0.328 e. The summed E-state index contributed by atoms with van der Waals surface area (Å²) < 4.78 is 0. The molecule has 1 aromatic heterocycles. The number of aliphatic hydroxyl groups excluding tert-OH is 2.